The molecule has 1 saturated heterocycles. The number of azo groups is 1. The smallest absolute Gasteiger partial charge is 0.296 e. The molecule has 28 heavy (non-hydrogen) atoms. The molecule has 0 spiro atoms. The number of para-hydroxylation sites is 1. The van der Waals surface area contributed by atoms with Crippen molar-refractivity contribution in [2.24, 2.45) is 10.2 Å². The first-order valence-electron chi connectivity index (χ1n) is 9.38. The van der Waals surface area contributed by atoms with Crippen LogP contribution in [0.15, 0.2) is 63.2 Å². The van der Waals surface area contributed by atoms with Crippen LogP contribution < -0.4 is 0 Å². The molecule has 2 heterocycles. The van der Waals surface area contributed by atoms with Crippen molar-refractivity contribution in [2.75, 3.05) is 13.1 Å². The zero-order chi connectivity index (χ0) is 19.5. The van der Waals surface area contributed by atoms with Crippen LogP contribution >= 0.6 is 15.9 Å². The van der Waals surface area contributed by atoms with Gasteiger partial charge in [0.25, 0.3) is 5.91 Å². The highest BCUT2D eigenvalue weighted by atomic mass is 79.9. The molecule has 4 rings (SSSR count). The molecule has 0 unspecified atom stereocenters. The van der Waals surface area contributed by atoms with Gasteiger partial charge in [-0.05, 0) is 60.1 Å². The molecule has 0 saturated carbocycles. The number of rotatable bonds is 4. The Morgan fingerprint density at radius 2 is 1.75 bits per heavy atom. The number of hydrogen-bond acceptors (Lipinski definition) is 4. The highest BCUT2D eigenvalue weighted by Crippen LogP contribution is 2.39. The van der Waals surface area contributed by atoms with Crippen LogP contribution in [0, 0.1) is 0 Å². The molecular weight excluding hydrogens is 420 g/mol. The Labute approximate surface area is 171 Å². The van der Waals surface area contributed by atoms with E-state index >= 15 is 0 Å². The van der Waals surface area contributed by atoms with Crippen molar-refractivity contribution >= 4 is 38.4 Å². The van der Waals surface area contributed by atoms with Crippen molar-refractivity contribution in [3.05, 3.63) is 58.6 Å². The summed E-state index contributed by atoms with van der Waals surface area (Å²) in [4.78, 5) is 14.7. The van der Waals surface area contributed by atoms with Crippen LogP contribution in [0.4, 0.5) is 5.69 Å². The van der Waals surface area contributed by atoms with Crippen molar-refractivity contribution < 1.29 is 9.90 Å². The molecule has 0 bridgehead atoms. The van der Waals surface area contributed by atoms with Crippen molar-refractivity contribution in [1.82, 2.24) is 9.47 Å². The van der Waals surface area contributed by atoms with Gasteiger partial charge in [-0.15, -0.1) is 10.2 Å². The zero-order valence-corrected chi connectivity index (χ0v) is 17.0. The van der Waals surface area contributed by atoms with E-state index in [1.165, 1.54) is 19.3 Å². The Morgan fingerprint density at radius 1 is 1.04 bits per heavy atom. The number of aromatic nitrogens is 1. The Hall–Kier alpha value is -2.51. The van der Waals surface area contributed by atoms with E-state index in [0.29, 0.717) is 22.4 Å². The van der Waals surface area contributed by atoms with Gasteiger partial charge in [-0.3, -0.25) is 14.3 Å². The number of likely N-dealkylation sites (tertiary alicyclic amines) is 1. The number of halogens is 1. The summed E-state index contributed by atoms with van der Waals surface area (Å²) in [7, 11) is 0. The van der Waals surface area contributed by atoms with Gasteiger partial charge in [0.1, 0.15) is 0 Å². The second-order valence-corrected chi connectivity index (χ2v) is 7.78. The number of carbonyl (C=O) groups excluding carboxylic acids is 1. The van der Waals surface area contributed by atoms with Gasteiger partial charge < -0.3 is 5.11 Å². The van der Waals surface area contributed by atoms with E-state index in [9.17, 15) is 9.90 Å². The summed E-state index contributed by atoms with van der Waals surface area (Å²) < 4.78 is 2.51. The second-order valence-electron chi connectivity index (χ2n) is 6.92. The SMILES string of the molecule is O=C(N=Nc1c(O)n(CN2CCCCC2)c2ccccc12)c1ccccc1Br. The largest absolute Gasteiger partial charge is 0.493 e. The highest BCUT2D eigenvalue weighted by Gasteiger charge is 2.20. The summed E-state index contributed by atoms with van der Waals surface area (Å²) in [6.07, 6.45) is 3.60. The lowest BCUT2D eigenvalue weighted by molar-refractivity contribution is 0.0994. The van der Waals surface area contributed by atoms with Crippen LogP contribution in [0.2, 0.25) is 0 Å². The Morgan fingerprint density at radius 3 is 2.54 bits per heavy atom. The fourth-order valence-corrected chi connectivity index (χ4v) is 4.05. The van der Waals surface area contributed by atoms with Crippen LogP contribution in [0.3, 0.4) is 0 Å². The van der Waals surface area contributed by atoms with Gasteiger partial charge in [0, 0.05) is 9.86 Å². The number of amides is 1. The molecule has 7 heteroatoms. The van der Waals surface area contributed by atoms with Gasteiger partial charge in [-0.1, -0.05) is 36.8 Å². The average molecular weight is 441 g/mol. The lowest BCUT2D eigenvalue weighted by atomic mass is 10.1. The van der Waals surface area contributed by atoms with Crippen LogP contribution in [0.1, 0.15) is 29.6 Å². The second kappa shape index (κ2) is 8.24. The number of benzene rings is 2. The van der Waals surface area contributed by atoms with Crippen LogP contribution in [0.5, 0.6) is 5.88 Å². The van der Waals surface area contributed by atoms with E-state index in [4.69, 9.17) is 0 Å². The van der Waals surface area contributed by atoms with Crippen molar-refractivity contribution in [3.63, 3.8) is 0 Å². The monoisotopic (exact) mass is 440 g/mol. The molecule has 0 aliphatic carbocycles. The van der Waals surface area contributed by atoms with Gasteiger partial charge in [0.05, 0.1) is 17.7 Å². The molecule has 1 amide bonds. The first-order chi connectivity index (χ1) is 13.6. The molecule has 6 nitrogen and oxygen atoms in total. The van der Waals surface area contributed by atoms with Gasteiger partial charge in [-0.25, -0.2) is 0 Å². The van der Waals surface area contributed by atoms with Crippen LogP contribution in [-0.2, 0) is 6.67 Å². The summed E-state index contributed by atoms with van der Waals surface area (Å²) in [6.45, 7) is 2.63. The summed E-state index contributed by atoms with van der Waals surface area (Å²) in [5, 5.41) is 19.6. The molecular formula is C21H21BrN4O2. The zero-order valence-electron chi connectivity index (χ0n) is 15.4. The van der Waals surface area contributed by atoms with Gasteiger partial charge in [0.15, 0.2) is 5.69 Å². The molecule has 1 aliphatic heterocycles. The van der Waals surface area contributed by atoms with Crippen molar-refractivity contribution in [2.45, 2.75) is 25.9 Å². The summed E-state index contributed by atoms with van der Waals surface area (Å²) in [5.74, 6) is -0.421. The Bertz CT molecular complexity index is 1040. The van der Waals surface area contributed by atoms with Crippen molar-refractivity contribution in [1.29, 1.82) is 0 Å². The van der Waals surface area contributed by atoms with Gasteiger partial charge >= 0.3 is 0 Å². The van der Waals surface area contributed by atoms with E-state index in [1.807, 2.05) is 34.9 Å². The summed E-state index contributed by atoms with van der Waals surface area (Å²) in [5.41, 5.74) is 1.64. The lowest BCUT2D eigenvalue weighted by Gasteiger charge is -2.27. The predicted molar refractivity (Wildman–Crippen MR) is 112 cm³/mol. The standard InChI is InChI=1S/C21H21BrN4O2/c22-17-10-4-2-8-15(17)20(27)24-23-19-16-9-3-5-11-18(16)26(21(19)28)14-25-12-6-1-7-13-25/h2-5,8-11,28H,1,6-7,12-14H2. The maximum Gasteiger partial charge on any atom is 0.296 e. The third-order valence-corrected chi connectivity index (χ3v) is 5.74. The molecule has 1 N–H and O–H groups in total. The maximum absolute atomic E-state index is 12.4. The molecule has 3 aromatic rings. The Kier molecular flexibility index (Phi) is 5.54. The number of nitrogens with zero attached hydrogens (tertiary/aromatic N) is 4. The number of aromatic hydroxyl groups is 1. The minimum absolute atomic E-state index is 0.0375. The minimum Gasteiger partial charge on any atom is -0.493 e. The predicted octanol–water partition coefficient (Wildman–Crippen LogP) is 5.48. The van der Waals surface area contributed by atoms with E-state index < -0.39 is 5.91 Å². The molecule has 1 fully saturated rings. The van der Waals surface area contributed by atoms with Gasteiger partial charge in [-0.2, -0.15) is 0 Å². The van der Waals surface area contributed by atoms with E-state index in [2.05, 4.69) is 31.1 Å². The molecule has 0 atom stereocenters. The normalized spacial score (nSPS) is 15.5. The number of piperidine rings is 1. The first kappa shape index (κ1) is 18.8. The minimum atomic E-state index is -0.459. The number of fused-ring (bicyclic) bond motifs is 1. The van der Waals surface area contributed by atoms with Gasteiger partial charge in [0.2, 0.25) is 5.88 Å². The molecule has 1 aromatic heterocycles. The number of carbonyl (C=O) groups is 1. The fraction of sp³-hybridized carbons (Fsp3) is 0.286. The molecule has 1 aliphatic rings. The lowest BCUT2D eigenvalue weighted by Crippen LogP contribution is -2.31. The summed E-state index contributed by atoms with van der Waals surface area (Å²) in [6, 6.07) is 14.7. The van der Waals surface area contributed by atoms with E-state index in [0.717, 1.165) is 24.0 Å². The average Bonchev–Trinajstić information content (AvgIpc) is 2.99. The topological polar surface area (TPSA) is 70.2 Å². The first-order valence-corrected chi connectivity index (χ1v) is 10.2. The quantitative estimate of drug-likeness (QED) is 0.546. The van der Waals surface area contributed by atoms with E-state index in [-0.39, 0.29) is 5.88 Å². The fourth-order valence-electron chi connectivity index (χ4n) is 3.60. The molecule has 0 radical (unpaired) electrons. The third-order valence-electron chi connectivity index (χ3n) is 5.05. The maximum atomic E-state index is 12.4. The Balaban J connectivity index is 1.68. The summed E-state index contributed by atoms with van der Waals surface area (Å²) >= 11 is 3.36. The van der Waals surface area contributed by atoms with Crippen LogP contribution in [0.25, 0.3) is 10.9 Å². The number of hydrogen-bond donors (Lipinski definition) is 1. The molecule has 144 valence electrons. The molecule has 2 aromatic carbocycles. The van der Waals surface area contributed by atoms with E-state index in [1.54, 1.807) is 18.2 Å². The highest BCUT2D eigenvalue weighted by molar-refractivity contribution is 9.10. The van der Waals surface area contributed by atoms with Crippen LogP contribution in [-0.4, -0.2) is 33.6 Å². The van der Waals surface area contributed by atoms with Crippen molar-refractivity contribution in [3.8, 4) is 5.88 Å². The third kappa shape index (κ3) is 3.72.